The third kappa shape index (κ3) is 3.11. The highest BCUT2D eigenvalue weighted by Gasteiger charge is 2.37. The van der Waals surface area contributed by atoms with Crippen LogP contribution in [0.5, 0.6) is 0 Å². The second-order valence-corrected chi connectivity index (χ2v) is 11.9. The predicted octanol–water partition coefficient (Wildman–Crippen LogP) is 8.65. The van der Waals surface area contributed by atoms with E-state index < -0.39 is 23.6 Å². The predicted molar refractivity (Wildman–Crippen MR) is 173 cm³/mol. The summed E-state index contributed by atoms with van der Waals surface area (Å²) >= 11 is 12.1. The molecule has 8 heteroatoms. The van der Waals surface area contributed by atoms with Crippen LogP contribution in [-0.4, -0.2) is 23.6 Å². The second kappa shape index (κ2) is 8.63. The molecule has 208 valence electrons. The average Bonchev–Trinajstić information content (AvgIpc) is 3.03. The number of amides is 4. The van der Waals surface area contributed by atoms with Gasteiger partial charge in [-0.15, -0.1) is 0 Å². The molecule has 2 heterocycles. The van der Waals surface area contributed by atoms with E-state index in [4.69, 9.17) is 23.2 Å². The summed E-state index contributed by atoms with van der Waals surface area (Å²) in [5, 5.41) is 7.12. The van der Waals surface area contributed by atoms with E-state index in [9.17, 15) is 19.2 Å². The van der Waals surface area contributed by atoms with Gasteiger partial charge in [-0.1, -0.05) is 47.5 Å². The topological polar surface area (TPSA) is 74.8 Å². The number of hydrogen-bond donors (Lipinski definition) is 0. The van der Waals surface area contributed by atoms with Crippen LogP contribution in [0.4, 0.5) is 11.4 Å². The van der Waals surface area contributed by atoms with Crippen molar-refractivity contribution in [1.29, 1.82) is 0 Å². The van der Waals surface area contributed by atoms with Crippen LogP contribution in [0.15, 0.2) is 97.1 Å². The highest BCUT2D eigenvalue weighted by Crippen LogP contribution is 2.47. The number of hydrogen-bond acceptors (Lipinski definition) is 4. The largest absolute Gasteiger partial charge is 0.268 e. The Morgan fingerprint density at radius 2 is 0.614 bits per heavy atom. The fourth-order valence-electron chi connectivity index (χ4n) is 6.92. The number of imide groups is 2. The van der Waals surface area contributed by atoms with Crippen molar-refractivity contribution in [3.05, 3.63) is 129 Å². The van der Waals surface area contributed by atoms with Crippen LogP contribution < -0.4 is 9.80 Å². The van der Waals surface area contributed by atoms with E-state index in [1.165, 1.54) is 9.80 Å². The second-order valence-electron chi connectivity index (χ2n) is 11.0. The lowest BCUT2D eigenvalue weighted by molar-refractivity contribution is 0.0877. The number of anilines is 2. The van der Waals surface area contributed by atoms with Gasteiger partial charge in [-0.3, -0.25) is 19.2 Å². The van der Waals surface area contributed by atoms with Gasteiger partial charge in [0.1, 0.15) is 0 Å². The Morgan fingerprint density at radius 3 is 0.886 bits per heavy atom. The Kier molecular flexibility index (Phi) is 4.95. The average molecular weight is 611 g/mol. The molecule has 0 atom stereocenters. The van der Waals surface area contributed by atoms with E-state index in [2.05, 4.69) is 0 Å². The molecule has 7 aromatic carbocycles. The summed E-state index contributed by atoms with van der Waals surface area (Å²) < 4.78 is 0. The first kappa shape index (κ1) is 25.2. The Morgan fingerprint density at radius 1 is 0.341 bits per heavy atom. The molecule has 0 aliphatic carbocycles. The van der Waals surface area contributed by atoms with Crippen LogP contribution in [0.25, 0.3) is 43.1 Å². The Labute approximate surface area is 258 Å². The lowest BCUT2D eigenvalue weighted by Gasteiger charge is -2.30. The normalized spacial score (nSPS) is 14.7. The van der Waals surface area contributed by atoms with E-state index in [0.717, 1.165) is 32.3 Å². The third-order valence-corrected chi connectivity index (χ3v) is 9.31. The number of nitrogens with zero attached hydrogens (tertiary/aromatic N) is 2. The molecule has 0 fully saturated rings. The molecule has 44 heavy (non-hydrogen) atoms. The molecule has 4 amide bonds. The lowest BCUT2D eigenvalue weighted by Crippen LogP contribution is -2.40. The minimum absolute atomic E-state index is 0.414. The van der Waals surface area contributed by atoms with Gasteiger partial charge < -0.3 is 0 Å². The standard InChI is InChI=1S/C36H16Cl2N2O4/c37-17-1-5-19(6-2-17)39-33(41)25-13-9-21-23-11-15-27-32-28(36(44)40(35(27)43)20-7-3-18(38)4-8-20)16-12-24(30(23)32)22-10-14-26(34(39)42)31(25)29(21)22/h1-16H. The zero-order valence-electron chi connectivity index (χ0n) is 22.5. The number of benzene rings is 7. The zero-order chi connectivity index (χ0) is 30.0. The molecule has 0 saturated heterocycles. The monoisotopic (exact) mass is 610 g/mol. The molecular formula is C36H16Cl2N2O4. The van der Waals surface area contributed by atoms with Crippen LogP contribution in [0.3, 0.4) is 0 Å². The van der Waals surface area contributed by atoms with Gasteiger partial charge >= 0.3 is 0 Å². The summed E-state index contributed by atoms with van der Waals surface area (Å²) in [4.78, 5) is 57.7. The van der Waals surface area contributed by atoms with E-state index >= 15 is 0 Å². The van der Waals surface area contributed by atoms with Gasteiger partial charge in [0.05, 0.1) is 11.4 Å². The van der Waals surface area contributed by atoms with Crippen molar-refractivity contribution in [3.63, 3.8) is 0 Å². The van der Waals surface area contributed by atoms with Crippen LogP contribution in [0.2, 0.25) is 10.0 Å². The Balaban J connectivity index is 1.31. The van der Waals surface area contributed by atoms with Crippen molar-refractivity contribution in [3.8, 4) is 0 Å². The number of rotatable bonds is 2. The Bertz CT molecular complexity index is 2190. The van der Waals surface area contributed by atoms with Gasteiger partial charge in [0, 0.05) is 43.1 Å². The van der Waals surface area contributed by atoms with Crippen LogP contribution >= 0.6 is 23.2 Å². The summed E-state index contributed by atoms with van der Waals surface area (Å²) in [6.07, 6.45) is 0. The van der Waals surface area contributed by atoms with Crippen LogP contribution in [0, 0.1) is 0 Å². The summed E-state index contributed by atoms with van der Waals surface area (Å²) in [6, 6.07) is 27.7. The van der Waals surface area contributed by atoms with Crippen molar-refractivity contribution in [2.24, 2.45) is 0 Å². The Hall–Kier alpha value is -5.30. The fraction of sp³-hybridized carbons (Fsp3) is 0. The van der Waals surface area contributed by atoms with Crippen LogP contribution in [0.1, 0.15) is 41.4 Å². The SMILES string of the molecule is O=C1c2ccc3c4ccc5c6c(ccc(c7ccc(c2c37)C(=O)N1c1ccc(Cl)cc1)c64)C(=O)N(c1ccc(Cl)cc1)C5=O. The van der Waals surface area contributed by atoms with Crippen molar-refractivity contribution < 1.29 is 19.2 Å². The minimum atomic E-state index is -0.414. The first-order valence-electron chi connectivity index (χ1n) is 13.8. The molecular weight excluding hydrogens is 595 g/mol. The first-order valence-corrected chi connectivity index (χ1v) is 14.6. The van der Waals surface area contributed by atoms with Gasteiger partial charge in [-0.25, -0.2) is 9.80 Å². The molecule has 0 bridgehead atoms. The summed E-state index contributed by atoms with van der Waals surface area (Å²) in [6.45, 7) is 0. The third-order valence-electron chi connectivity index (χ3n) is 8.81. The maximum Gasteiger partial charge on any atom is 0.265 e. The first-order chi connectivity index (χ1) is 21.3. The fourth-order valence-corrected chi connectivity index (χ4v) is 7.17. The highest BCUT2D eigenvalue weighted by molar-refractivity contribution is 6.45. The molecule has 0 aromatic heterocycles. The number of carbonyl (C=O) groups is 4. The van der Waals surface area contributed by atoms with Gasteiger partial charge in [-0.05, 0) is 105 Å². The highest BCUT2D eigenvalue weighted by atomic mass is 35.5. The smallest absolute Gasteiger partial charge is 0.265 e. The van der Waals surface area contributed by atoms with Gasteiger partial charge in [0.15, 0.2) is 0 Å². The van der Waals surface area contributed by atoms with Gasteiger partial charge in [0.2, 0.25) is 0 Å². The lowest BCUT2D eigenvalue weighted by atomic mass is 9.82. The summed E-state index contributed by atoms with van der Waals surface area (Å²) in [5.74, 6) is -1.66. The number of fused-ring (bicyclic) bond motifs is 2. The molecule has 6 nitrogen and oxygen atoms in total. The quantitative estimate of drug-likeness (QED) is 0.111. The molecule has 0 radical (unpaired) electrons. The van der Waals surface area contributed by atoms with Crippen molar-refractivity contribution in [2.45, 2.75) is 0 Å². The molecule has 0 unspecified atom stereocenters. The summed E-state index contributed by atoms with van der Waals surface area (Å²) in [5.41, 5.74) is 2.58. The van der Waals surface area contributed by atoms with E-state index in [1.807, 2.05) is 24.3 Å². The van der Waals surface area contributed by atoms with E-state index in [-0.39, 0.29) is 0 Å². The van der Waals surface area contributed by atoms with E-state index in [1.54, 1.807) is 72.8 Å². The van der Waals surface area contributed by atoms with Crippen molar-refractivity contribution in [2.75, 3.05) is 9.80 Å². The molecule has 9 rings (SSSR count). The molecule has 2 aliphatic rings. The zero-order valence-corrected chi connectivity index (χ0v) is 24.0. The van der Waals surface area contributed by atoms with Crippen molar-refractivity contribution >= 4 is 101 Å². The molecule has 0 spiro atoms. The van der Waals surface area contributed by atoms with Gasteiger partial charge in [0.25, 0.3) is 23.6 Å². The summed E-state index contributed by atoms with van der Waals surface area (Å²) in [7, 11) is 0. The maximum atomic E-state index is 13.8. The number of carbonyl (C=O) groups excluding carboxylic acids is 4. The van der Waals surface area contributed by atoms with Crippen LogP contribution in [-0.2, 0) is 0 Å². The maximum absolute atomic E-state index is 13.8. The minimum Gasteiger partial charge on any atom is -0.268 e. The van der Waals surface area contributed by atoms with Gasteiger partial charge in [-0.2, -0.15) is 0 Å². The molecule has 7 aromatic rings. The molecule has 2 aliphatic heterocycles. The molecule has 0 N–H and O–H groups in total. The van der Waals surface area contributed by atoms with E-state index in [0.29, 0.717) is 54.4 Å². The molecule has 0 saturated carbocycles. The van der Waals surface area contributed by atoms with Crippen molar-refractivity contribution in [1.82, 2.24) is 0 Å². The number of halogens is 2.